The minimum atomic E-state index is -0.188. The molecule has 2 rings (SSSR count). The van der Waals surface area contributed by atoms with Crippen LogP contribution in [-0.4, -0.2) is 42.7 Å². The Hall–Kier alpha value is -1.17. The van der Waals surface area contributed by atoms with Crippen LogP contribution < -0.4 is 19.5 Å². The van der Waals surface area contributed by atoms with Crippen molar-refractivity contribution in [2.45, 2.75) is 86.0 Å². The number of rotatable bonds is 12. The van der Waals surface area contributed by atoms with Crippen LogP contribution in [0.4, 0.5) is 0 Å². The maximum absolute atomic E-state index is 13.4. The molecule has 0 amide bonds. The summed E-state index contributed by atoms with van der Waals surface area (Å²) >= 11 is 6.38. The van der Waals surface area contributed by atoms with Crippen LogP contribution >= 0.6 is 20.2 Å². The molecule has 0 aromatic heterocycles. The quantitative estimate of drug-likeness (QED) is 0.241. The average molecular weight is 486 g/mol. The summed E-state index contributed by atoms with van der Waals surface area (Å²) in [4.78, 5) is 13.4. The van der Waals surface area contributed by atoms with E-state index in [1.165, 1.54) is 0 Å². The summed E-state index contributed by atoms with van der Waals surface area (Å²) in [6.45, 7) is 14.2. The number of carbonyl (C=O) groups excluding carboxylic acids is 1. The van der Waals surface area contributed by atoms with Crippen molar-refractivity contribution in [3.63, 3.8) is 0 Å². The van der Waals surface area contributed by atoms with Gasteiger partial charge >= 0.3 is 0 Å². The summed E-state index contributed by atoms with van der Waals surface area (Å²) in [5, 5.41) is 1.22. The van der Waals surface area contributed by atoms with Gasteiger partial charge in [-0.1, -0.05) is 44.5 Å². The van der Waals surface area contributed by atoms with E-state index in [-0.39, 0.29) is 51.3 Å². The summed E-state index contributed by atoms with van der Waals surface area (Å²) in [6, 6.07) is 9.28. The third kappa shape index (κ3) is 8.52. The number of aryl methyl sites for hydroxylation is 1. The number of carbonyl (C=O) groups is 1. The number of hydrogen-bond donors (Lipinski definition) is 0. The minimum absolute atomic E-state index is 0. The largest absolute Gasteiger partial charge is 0.490 e. The molecule has 2 aromatic rings. The predicted molar refractivity (Wildman–Crippen MR) is 142 cm³/mol. The van der Waals surface area contributed by atoms with Crippen LogP contribution in [0.3, 0.4) is 0 Å². The van der Waals surface area contributed by atoms with Crippen LogP contribution in [-0.2, 0) is 0 Å². The normalized spacial score (nSPS) is 13.8. The number of benzene rings is 2. The molecule has 33 heavy (non-hydrogen) atoms. The summed E-state index contributed by atoms with van der Waals surface area (Å²) in [7, 11) is -0.188. The van der Waals surface area contributed by atoms with Gasteiger partial charge in [0.1, 0.15) is 17.2 Å². The molecule has 4 unspecified atom stereocenters. The molecular weight excluding hydrogens is 450 g/mol. The van der Waals surface area contributed by atoms with Gasteiger partial charge < -0.3 is 14.2 Å². The van der Waals surface area contributed by atoms with E-state index < -0.39 is 0 Å². The van der Waals surface area contributed by atoms with Gasteiger partial charge in [0.2, 0.25) is 0 Å². The Morgan fingerprint density at radius 3 is 1.85 bits per heavy atom. The van der Waals surface area contributed by atoms with Gasteiger partial charge in [0.05, 0.1) is 28.6 Å². The maximum Gasteiger partial charge on any atom is 0.187 e. The van der Waals surface area contributed by atoms with Gasteiger partial charge in [0.15, 0.2) is 5.52 Å². The second-order valence-corrected chi connectivity index (χ2v) is 9.80. The van der Waals surface area contributed by atoms with Crippen molar-refractivity contribution in [1.82, 2.24) is 0 Å². The van der Waals surface area contributed by atoms with Crippen LogP contribution in [0.25, 0.3) is 0 Å². The Labute approximate surface area is 218 Å². The Kier molecular flexibility index (Phi) is 12.9. The molecule has 177 valence electrons. The van der Waals surface area contributed by atoms with Gasteiger partial charge in [-0.3, -0.25) is 4.79 Å². The Morgan fingerprint density at radius 1 is 0.909 bits per heavy atom. The molecule has 2 aromatic carbocycles. The molecule has 0 spiro atoms. The Bertz CT molecular complexity index is 868. The fraction of sp³-hybridized carbons (Fsp3) is 0.500. The standard InChI is InChI=1S/C26H36ClO4P.Li/c1-8-17(5)29-20-14-22(30-18(6)9-2)25(23(15-20)31-19(7)10-3)32-26(28)24-16(4)12-11-13-21(24)27;/h11-15,17-19,32H,8-10H2,1-7H3;. The van der Waals surface area contributed by atoms with Crippen LogP contribution in [0.15, 0.2) is 30.3 Å². The first-order valence-electron chi connectivity index (χ1n) is 11.4. The van der Waals surface area contributed by atoms with E-state index in [9.17, 15) is 4.79 Å². The van der Waals surface area contributed by atoms with Crippen molar-refractivity contribution in [1.29, 1.82) is 0 Å². The third-order valence-corrected chi connectivity index (χ3v) is 6.98. The van der Waals surface area contributed by atoms with E-state index in [0.717, 1.165) is 30.1 Å². The third-order valence-electron chi connectivity index (χ3n) is 5.45. The van der Waals surface area contributed by atoms with E-state index in [4.69, 9.17) is 25.8 Å². The fourth-order valence-corrected chi connectivity index (χ4v) is 4.53. The Morgan fingerprint density at radius 2 is 1.39 bits per heavy atom. The van der Waals surface area contributed by atoms with Gasteiger partial charge in [-0.25, -0.2) is 0 Å². The molecule has 0 aliphatic carbocycles. The van der Waals surface area contributed by atoms with Crippen LogP contribution in [0.5, 0.6) is 17.2 Å². The van der Waals surface area contributed by atoms with Crippen molar-refractivity contribution < 1.29 is 19.0 Å². The summed E-state index contributed by atoms with van der Waals surface area (Å²) in [5.41, 5.74) is 1.38. The van der Waals surface area contributed by atoms with Crippen molar-refractivity contribution in [2.24, 2.45) is 0 Å². The zero-order chi connectivity index (χ0) is 23.8. The number of halogens is 1. The van der Waals surface area contributed by atoms with E-state index >= 15 is 0 Å². The summed E-state index contributed by atoms with van der Waals surface area (Å²) in [6.07, 6.45) is 2.62. The van der Waals surface area contributed by atoms with Crippen LogP contribution in [0, 0.1) is 6.92 Å². The molecule has 4 nitrogen and oxygen atoms in total. The number of hydrogen-bond acceptors (Lipinski definition) is 4. The minimum Gasteiger partial charge on any atom is -0.490 e. The zero-order valence-corrected chi connectivity index (χ0v) is 23.0. The molecule has 0 bridgehead atoms. The molecular formula is C26H36ClLiO4P. The molecule has 0 fully saturated rings. The van der Waals surface area contributed by atoms with Crippen molar-refractivity contribution in [2.75, 3.05) is 0 Å². The summed E-state index contributed by atoms with van der Waals surface area (Å²) in [5.74, 6) is 1.95. The van der Waals surface area contributed by atoms with Crippen molar-refractivity contribution in [3.05, 3.63) is 46.5 Å². The SMILES string of the molecule is CCC(C)Oc1cc(OC(C)CC)c(PC(=O)c2c(C)cccc2Cl)c(OC(C)CC)c1.[Li]. The van der Waals surface area contributed by atoms with Gasteiger partial charge in [-0.15, -0.1) is 0 Å². The molecule has 0 aliphatic heterocycles. The summed E-state index contributed by atoms with van der Waals surface area (Å²) < 4.78 is 18.6. The molecule has 1 radical (unpaired) electrons. The topological polar surface area (TPSA) is 44.8 Å². The van der Waals surface area contributed by atoms with Gasteiger partial charge in [0, 0.05) is 36.6 Å². The van der Waals surface area contributed by atoms with Crippen LogP contribution in [0.2, 0.25) is 5.02 Å². The zero-order valence-electron chi connectivity index (χ0n) is 21.3. The molecule has 4 atom stereocenters. The van der Waals surface area contributed by atoms with E-state index in [2.05, 4.69) is 20.8 Å². The van der Waals surface area contributed by atoms with E-state index in [0.29, 0.717) is 27.8 Å². The molecule has 0 aliphatic rings. The molecule has 7 heteroatoms. The first kappa shape index (κ1) is 29.9. The van der Waals surface area contributed by atoms with Gasteiger partial charge in [-0.05, 0) is 67.2 Å². The van der Waals surface area contributed by atoms with Crippen molar-refractivity contribution >= 4 is 49.9 Å². The molecule has 0 N–H and O–H groups in total. The molecule has 0 saturated heterocycles. The van der Waals surface area contributed by atoms with Crippen LogP contribution in [0.1, 0.15) is 76.7 Å². The monoisotopic (exact) mass is 485 g/mol. The first-order chi connectivity index (χ1) is 15.2. The van der Waals surface area contributed by atoms with Gasteiger partial charge in [0.25, 0.3) is 0 Å². The first-order valence-corrected chi connectivity index (χ1v) is 12.8. The second-order valence-electron chi connectivity index (χ2n) is 8.19. The smallest absolute Gasteiger partial charge is 0.187 e. The molecule has 0 heterocycles. The van der Waals surface area contributed by atoms with Gasteiger partial charge in [-0.2, -0.15) is 0 Å². The second kappa shape index (κ2) is 14.3. The average Bonchev–Trinajstić information content (AvgIpc) is 2.75. The van der Waals surface area contributed by atoms with E-state index in [1.54, 1.807) is 6.07 Å². The predicted octanol–water partition coefficient (Wildman–Crippen LogP) is 6.94. The molecule has 0 saturated carbocycles. The number of ether oxygens (including phenoxy) is 3. The van der Waals surface area contributed by atoms with E-state index in [1.807, 2.05) is 52.0 Å². The fourth-order valence-electron chi connectivity index (χ4n) is 2.95. The maximum atomic E-state index is 13.4. The Balaban J connectivity index is 0.00000544. The van der Waals surface area contributed by atoms with Crippen molar-refractivity contribution in [3.8, 4) is 17.2 Å².